The Bertz CT molecular complexity index is 1020. The molecule has 1 fully saturated rings. The van der Waals surface area contributed by atoms with Crippen LogP contribution in [-0.4, -0.2) is 26.2 Å². The monoisotopic (exact) mass is 379 g/mol. The zero-order chi connectivity index (χ0) is 19.7. The molecular weight excluding hydrogens is 357 g/mol. The lowest BCUT2D eigenvalue weighted by Gasteiger charge is -2.38. The molecule has 4 rings (SSSR count). The first-order chi connectivity index (χ1) is 13.5. The number of hydrogen-bond acceptors (Lipinski definition) is 5. The first kappa shape index (κ1) is 18.2. The number of piperazine rings is 1. The Hall–Kier alpha value is -3.15. The van der Waals surface area contributed by atoms with Crippen molar-refractivity contribution < 1.29 is 4.39 Å². The standard InChI is InChI=1S/C22H22FN3O2/c1-15(16-5-3-2-4-6-16)24-19-20(22(28)21(19)27)26-13-11-25(12-14-26)18-9-7-17(23)8-10-18/h2-10,15,24H,11-14H2,1H3/t15-/m0/s1. The highest BCUT2D eigenvalue weighted by molar-refractivity contribution is 5.76. The second kappa shape index (κ2) is 7.46. The fraction of sp³-hybridized carbons (Fsp3) is 0.273. The number of rotatable bonds is 5. The first-order valence-electron chi connectivity index (χ1n) is 9.45. The summed E-state index contributed by atoms with van der Waals surface area (Å²) in [6.07, 6.45) is 0. The van der Waals surface area contributed by atoms with E-state index in [1.54, 1.807) is 12.1 Å². The highest BCUT2D eigenvalue weighted by atomic mass is 19.1. The number of benzene rings is 2. The molecule has 0 aromatic heterocycles. The second-order valence-electron chi connectivity index (χ2n) is 7.11. The van der Waals surface area contributed by atoms with Crippen molar-refractivity contribution in [3.8, 4) is 0 Å². The molecule has 0 aliphatic carbocycles. The summed E-state index contributed by atoms with van der Waals surface area (Å²) < 4.78 is 13.1. The molecule has 0 spiro atoms. The van der Waals surface area contributed by atoms with E-state index in [0.29, 0.717) is 37.6 Å². The number of hydrogen-bond donors (Lipinski definition) is 1. The quantitative estimate of drug-likeness (QED) is 0.691. The van der Waals surface area contributed by atoms with Gasteiger partial charge in [0.05, 0.1) is 0 Å². The zero-order valence-corrected chi connectivity index (χ0v) is 15.7. The van der Waals surface area contributed by atoms with Gasteiger partial charge in [0, 0.05) is 37.9 Å². The third-order valence-electron chi connectivity index (χ3n) is 5.33. The SMILES string of the molecule is C[C@H](Nc1c(N2CCN(c3ccc(F)cc3)CC2)c(=O)c1=O)c1ccccc1. The van der Waals surface area contributed by atoms with Gasteiger partial charge in [-0.1, -0.05) is 30.3 Å². The molecule has 3 aromatic carbocycles. The molecule has 1 saturated heterocycles. The van der Waals surface area contributed by atoms with E-state index in [1.165, 1.54) is 12.1 Å². The molecule has 28 heavy (non-hydrogen) atoms. The molecule has 6 heteroatoms. The summed E-state index contributed by atoms with van der Waals surface area (Å²) in [5.41, 5.74) is 2.06. The lowest BCUT2D eigenvalue weighted by molar-refractivity contribution is 0.624. The predicted molar refractivity (Wildman–Crippen MR) is 111 cm³/mol. The summed E-state index contributed by atoms with van der Waals surface area (Å²) in [6.45, 7) is 4.66. The zero-order valence-electron chi connectivity index (χ0n) is 15.7. The topological polar surface area (TPSA) is 52.6 Å². The minimum absolute atomic E-state index is 0.0660. The van der Waals surface area contributed by atoms with Crippen LogP contribution in [0.2, 0.25) is 0 Å². The smallest absolute Gasteiger partial charge is 0.253 e. The van der Waals surface area contributed by atoms with Crippen LogP contribution in [0.3, 0.4) is 0 Å². The minimum Gasteiger partial charge on any atom is -0.373 e. The van der Waals surface area contributed by atoms with Crippen molar-refractivity contribution in [2.45, 2.75) is 13.0 Å². The van der Waals surface area contributed by atoms with Crippen LogP contribution in [0.15, 0.2) is 64.2 Å². The molecule has 1 aliphatic rings. The Labute approximate surface area is 162 Å². The third kappa shape index (κ3) is 3.38. The van der Waals surface area contributed by atoms with Gasteiger partial charge in [0.1, 0.15) is 17.2 Å². The molecular formula is C22H22FN3O2. The molecule has 1 aliphatic heterocycles. The molecule has 3 aromatic rings. The van der Waals surface area contributed by atoms with Gasteiger partial charge in [-0.15, -0.1) is 0 Å². The van der Waals surface area contributed by atoms with E-state index in [4.69, 9.17) is 0 Å². The van der Waals surface area contributed by atoms with Gasteiger partial charge in [0.15, 0.2) is 0 Å². The summed E-state index contributed by atoms with van der Waals surface area (Å²) in [4.78, 5) is 28.5. The molecule has 1 atom stereocenters. The molecule has 0 bridgehead atoms. The van der Waals surface area contributed by atoms with Gasteiger partial charge >= 0.3 is 0 Å². The van der Waals surface area contributed by atoms with Gasteiger partial charge in [-0.3, -0.25) is 9.59 Å². The number of nitrogens with one attached hydrogen (secondary N) is 1. The van der Waals surface area contributed by atoms with Gasteiger partial charge in [-0.05, 0) is 36.8 Å². The highest BCUT2D eigenvalue weighted by Gasteiger charge is 2.29. The largest absolute Gasteiger partial charge is 0.373 e. The van der Waals surface area contributed by atoms with E-state index in [-0.39, 0.29) is 11.9 Å². The van der Waals surface area contributed by atoms with Gasteiger partial charge in [-0.2, -0.15) is 0 Å². The normalized spacial score (nSPS) is 15.6. The van der Waals surface area contributed by atoms with Crippen LogP contribution in [0.5, 0.6) is 0 Å². The summed E-state index contributed by atoms with van der Waals surface area (Å²) in [5.74, 6) is -0.255. The first-order valence-corrected chi connectivity index (χ1v) is 9.45. The Morgan fingerprint density at radius 3 is 2.11 bits per heavy atom. The predicted octanol–water partition coefficient (Wildman–Crippen LogP) is 2.92. The van der Waals surface area contributed by atoms with E-state index in [1.807, 2.05) is 42.2 Å². The average Bonchev–Trinajstić information content (AvgIpc) is 2.74. The summed E-state index contributed by atoms with van der Waals surface area (Å²) in [6, 6.07) is 16.2. The van der Waals surface area contributed by atoms with Crippen molar-refractivity contribution in [2.75, 3.05) is 41.3 Å². The summed E-state index contributed by atoms with van der Waals surface area (Å²) in [7, 11) is 0. The fourth-order valence-corrected chi connectivity index (χ4v) is 3.70. The Morgan fingerprint density at radius 2 is 1.46 bits per heavy atom. The molecule has 0 radical (unpaired) electrons. The molecule has 5 nitrogen and oxygen atoms in total. The second-order valence-corrected chi connectivity index (χ2v) is 7.11. The van der Waals surface area contributed by atoms with Crippen molar-refractivity contribution in [1.29, 1.82) is 0 Å². The van der Waals surface area contributed by atoms with Crippen LogP contribution >= 0.6 is 0 Å². The fourth-order valence-electron chi connectivity index (χ4n) is 3.70. The van der Waals surface area contributed by atoms with Crippen molar-refractivity contribution in [3.63, 3.8) is 0 Å². The van der Waals surface area contributed by atoms with Crippen LogP contribution < -0.4 is 26.0 Å². The lowest BCUT2D eigenvalue weighted by Crippen LogP contribution is -2.51. The summed E-state index contributed by atoms with van der Waals surface area (Å²) >= 11 is 0. The minimum atomic E-state index is -0.446. The molecule has 0 unspecified atom stereocenters. The molecule has 0 saturated carbocycles. The van der Waals surface area contributed by atoms with Crippen molar-refractivity contribution in [3.05, 3.63) is 86.4 Å². The van der Waals surface area contributed by atoms with E-state index in [0.717, 1.165) is 11.3 Å². The van der Waals surface area contributed by atoms with E-state index < -0.39 is 10.9 Å². The molecule has 144 valence electrons. The molecule has 1 N–H and O–H groups in total. The van der Waals surface area contributed by atoms with Gasteiger partial charge < -0.3 is 15.1 Å². The Kier molecular flexibility index (Phi) is 4.86. The van der Waals surface area contributed by atoms with Crippen LogP contribution in [0.25, 0.3) is 0 Å². The van der Waals surface area contributed by atoms with Crippen LogP contribution in [0.4, 0.5) is 21.5 Å². The Morgan fingerprint density at radius 1 is 0.857 bits per heavy atom. The third-order valence-corrected chi connectivity index (χ3v) is 5.33. The lowest BCUT2D eigenvalue weighted by atomic mass is 10.1. The highest BCUT2D eigenvalue weighted by Crippen LogP contribution is 2.27. The van der Waals surface area contributed by atoms with Crippen LogP contribution in [0, 0.1) is 5.82 Å². The average molecular weight is 379 g/mol. The maximum Gasteiger partial charge on any atom is 0.253 e. The van der Waals surface area contributed by atoms with Crippen molar-refractivity contribution >= 4 is 17.1 Å². The van der Waals surface area contributed by atoms with E-state index in [9.17, 15) is 14.0 Å². The number of halogens is 1. The van der Waals surface area contributed by atoms with Crippen LogP contribution in [0.1, 0.15) is 18.5 Å². The summed E-state index contributed by atoms with van der Waals surface area (Å²) in [5, 5.41) is 3.22. The van der Waals surface area contributed by atoms with Crippen LogP contribution in [-0.2, 0) is 0 Å². The molecule has 0 amide bonds. The van der Waals surface area contributed by atoms with Crippen molar-refractivity contribution in [2.24, 2.45) is 0 Å². The van der Waals surface area contributed by atoms with Gasteiger partial charge in [-0.25, -0.2) is 4.39 Å². The maximum atomic E-state index is 13.1. The number of nitrogens with zero attached hydrogens (tertiary/aromatic N) is 2. The van der Waals surface area contributed by atoms with E-state index in [2.05, 4.69) is 10.2 Å². The molecule has 1 heterocycles. The van der Waals surface area contributed by atoms with E-state index >= 15 is 0 Å². The van der Waals surface area contributed by atoms with Gasteiger partial charge in [0.2, 0.25) is 0 Å². The Balaban J connectivity index is 1.46. The number of anilines is 3. The van der Waals surface area contributed by atoms with Gasteiger partial charge in [0.25, 0.3) is 10.9 Å². The maximum absolute atomic E-state index is 13.1. The van der Waals surface area contributed by atoms with Crippen molar-refractivity contribution in [1.82, 2.24) is 0 Å².